The molecule has 9 heteroatoms. The number of hydrogen-bond donors (Lipinski definition) is 0. The third-order valence-electron chi connectivity index (χ3n) is 6.81. The second kappa shape index (κ2) is 11.1. The van der Waals surface area contributed by atoms with Crippen molar-refractivity contribution < 1.29 is 14.1 Å². The van der Waals surface area contributed by atoms with Crippen LogP contribution in [0.5, 0.6) is 0 Å². The molecule has 8 nitrogen and oxygen atoms in total. The summed E-state index contributed by atoms with van der Waals surface area (Å²) in [6, 6.07) is 13.4. The minimum Gasteiger partial charge on any atom is -0.339 e. The van der Waals surface area contributed by atoms with Gasteiger partial charge < -0.3 is 14.3 Å². The molecule has 0 N–H and O–H groups in total. The number of thiophene rings is 1. The van der Waals surface area contributed by atoms with E-state index >= 15 is 0 Å². The van der Waals surface area contributed by atoms with Gasteiger partial charge in [0, 0.05) is 39.1 Å². The molecule has 0 bridgehead atoms. The van der Waals surface area contributed by atoms with E-state index in [1.165, 1.54) is 0 Å². The van der Waals surface area contributed by atoms with E-state index < -0.39 is 0 Å². The molecule has 1 unspecified atom stereocenters. The summed E-state index contributed by atoms with van der Waals surface area (Å²) in [7, 11) is 0. The van der Waals surface area contributed by atoms with Crippen LogP contribution in [0.1, 0.15) is 30.7 Å². The van der Waals surface area contributed by atoms with E-state index in [2.05, 4.69) is 15.0 Å². The first-order valence-electron chi connectivity index (χ1n) is 12.4. The number of nitrogens with zero attached hydrogens (tertiary/aromatic N) is 5. The van der Waals surface area contributed by atoms with E-state index in [-0.39, 0.29) is 17.9 Å². The second-order valence-corrected chi connectivity index (χ2v) is 10.1. The molecule has 3 aromatic rings. The molecule has 2 saturated heterocycles. The highest BCUT2D eigenvalue weighted by Crippen LogP contribution is 2.23. The maximum atomic E-state index is 13.3. The van der Waals surface area contributed by atoms with Crippen molar-refractivity contribution in [2.75, 3.05) is 39.3 Å². The second-order valence-electron chi connectivity index (χ2n) is 9.17. The summed E-state index contributed by atoms with van der Waals surface area (Å²) >= 11 is 1.60. The van der Waals surface area contributed by atoms with Crippen molar-refractivity contribution >= 4 is 23.2 Å². The largest absolute Gasteiger partial charge is 0.339 e. The number of carbonyl (C=O) groups excluding carboxylic acids is 2. The van der Waals surface area contributed by atoms with Crippen LogP contribution >= 0.6 is 11.3 Å². The molecule has 0 saturated carbocycles. The molecule has 5 rings (SSSR count). The predicted molar refractivity (Wildman–Crippen MR) is 134 cm³/mol. The van der Waals surface area contributed by atoms with Crippen molar-refractivity contribution in [3.63, 3.8) is 0 Å². The molecule has 2 aliphatic rings. The SMILES string of the molecule is O=C(C1CCCN1C(=O)Cc1ccccc1)N1CCN(CCCc2nc(-c3cccs3)no2)CC1. The average Bonchev–Trinajstić information content (AvgIpc) is 3.66. The maximum absolute atomic E-state index is 13.3. The van der Waals surface area contributed by atoms with Crippen molar-refractivity contribution in [3.05, 3.63) is 59.3 Å². The quantitative estimate of drug-likeness (QED) is 0.480. The standard InChI is InChI=1S/C26H31N5O3S/c32-24(19-20-7-2-1-3-8-20)31-13-4-9-21(31)26(33)30-16-14-29(15-17-30)12-5-11-23-27-25(28-34-23)22-10-6-18-35-22/h1-3,6-8,10,18,21H,4-5,9,11-17,19H2. The van der Waals surface area contributed by atoms with E-state index in [1.54, 1.807) is 16.2 Å². The molecule has 2 amide bonds. The van der Waals surface area contributed by atoms with Crippen molar-refractivity contribution in [1.29, 1.82) is 0 Å². The molecular weight excluding hydrogens is 462 g/mol. The number of aryl methyl sites for hydroxylation is 1. The van der Waals surface area contributed by atoms with Crippen molar-refractivity contribution in [1.82, 2.24) is 24.8 Å². The first-order chi connectivity index (χ1) is 17.2. The lowest BCUT2D eigenvalue weighted by Crippen LogP contribution is -2.54. The van der Waals surface area contributed by atoms with Gasteiger partial charge in [-0.15, -0.1) is 11.3 Å². The normalized spacial score (nSPS) is 18.8. The van der Waals surface area contributed by atoms with E-state index in [0.29, 0.717) is 37.8 Å². The number of amides is 2. The third kappa shape index (κ3) is 5.79. The summed E-state index contributed by atoms with van der Waals surface area (Å²) in [5.41, 5.74) is 0.993. The van der Waals surface area contributed by atoms with Crippen LogP contribution in [-0.2, 0) is 22.4 Å². The Bertz CT molecular complexity index is 1110. The number of likely N-dealkylation sites (tertiary alicyclic amines) is 1. The van der Waals surface area contributed by atoms with Gasteiger partial charge in [-0.1, -0.05) is 41.6 Å². The number of aromatic nitrogens is 2. The van der Waals surface area contributed by atoms with Gasteiger partial charge in [0.1, 0.15) is 6.04 Å². The van der Waals surface area contributed by atoms with Gasteiger partial charge in [0.05, 0.1) is 11.3 Å². The summed E-state index contributed by atoms with van der Waals surface area (Å²) in [4.78, 5) is 37.8. The molecule has 0 spiro atoms. The highest BCUT2D eigenvalue weighted by Gasteiger charge is 2.37. The number of rotatable bonds is 8. The minimum absolute atomic E-state index is 0.0500. The topological polar surface area (TPSA) is 82.8 Å². The molecule has 2 aromatic heterocycles. The predicted octanol–water partition coefficient (Wildman–Crippen LogP) is 3.11. The smallest absolute Gasteiger partial charge is 0.245 e. The minimum atomic E-state index is -0.312. The van der Waals surface area contributed by atoms with E-state index in [0.717, 1.165) is 55.8 Å². The summed E-state index contributed by atoms with van der Waals surface area (Å²) in [5.74, 6) is 1.48. The molecule has 0 aliphatic carbocycles. The van der Waals surface area contributed by atoms with E-state index in [9.17, 15) is 9.59 Å². The zero-order chi connectivity index (χ0) is 24.0. The van der Waals surface area contributed by atoms with Gasteiger partial charge in [0.25, 0.3) is 0 Å². The molecular formula is C26H31N5O3S. The zero-order valence-electron chi connectivity index (χ0n) is 19.8. The molecule has 0 radical (unpaired) electrons. The van der Waals surface area contributed by atoms with Crippen molar-refractivity contribution in [2.45, 2.75) is 38.1 Å². The Balaban J connectivity index is 1.06. The number of piperazine rings is 1. The lowest BCUT2D eigenvalue weighted by atomic mass is 10.1. The highest BCUT2D eigenvalue weighted by atomic mass is 32.1. The fourth-order valence-electron chi connectivity index (χ4n) is 4.91. The molecule has 4 heterocycles. The Labute approximate surface area is 209 Å². The third-order valence-corrected chi connectivity index (χ3v) is 7.68. The van der Waals surface area contributed by atoms with Gasteiger partial charge in [-0.25, -0.2) is 0 Å². The first-order valence-corrected chi connectivity index (χ1v) is 13.3. The summed E-state index contributed by atoms with van der Waals surface area (Å²) in [6.07, 6.45) is 3.69. The van der Waals surface area contributed by atoms with Gasteiger partial charge in [0.15, 0.2) is 0 Å². The van der Waals surface area contributed by atoms with E-state index in [4.69, 9.17) is 4.52 Å². The van der Waals surface area contributed by atoms with Crippen molar-refractivity contribution in [3.8, 4) is 10.7 Å². The molecule has 1 atom stereocenters. The van der Waals surface area contributed by atoms with Gasteiger partial charge in [-0.3, -0.25) is 14.5 Å². The Morgan fingerprint density at radius 1 is 1.03 bits per heavy atom. The Morgan fingerprint density at radius 3 is 2.63 bits per heavy atom. The van der Waals surface area contributed by atoms with Crippen LogP contribution in [0, 0.1) is 0 Å². The lowest BCUT2D eigenvalue weighted by molar-refractivity contribution is -0.144. The number of benzene rings is 1. The van der Waals surface area contributed by atoms with Crippen LogP contribution in [0.15, 0.2) is 52.4 Å². The van der Waals surface area contributed by atoms with Crippen LogP contribution in [0.25, 0.3) is 10.7 Å². The zero-order valence-corrected chi connectivity index (χ0v) is 20.7. The summed E-state index contributed by atoms with van der Waals surface area (Å²) in [6.45, 7) is 4.72. The van der Waals surface area contributed by atoms with Gasteiger partial charge in [-0.05, 0) is 42.8 Å². The fraction of sp³-hybridized carbons (Fsp3) is 0.462. The molecule has 35 heavy (non-hydrogen) atoms. The van der Waals surface area contributed by atoms with Gasteiger partial charge in [0.2, 0.25) is 23.5 Å². The van der Waals surface area contributed by atoms with Gasteiger partial charge in [-0.2, -0.15) is 4.98 Å². The maximum Gasteiger partial charge on any atom is 0.245 e. The number of carbonyl (C=O) groups is 2. The first kappa shape index (κ1) is 23.7. The lowest BCUT2D eigenvalue weighted by Gasteiger charge is -2.37. The van der Waals surface area contributed by atoms with Gasteiger partial charge >= 0.3 is 0 Å². The number of hydrogen-bond acceptors (Lipinski definition) is 7. The van der Waals surface area contributed by atoms with Crippen LogP contribution in [-0.4, -0.2) is 82.0 Å². The molecule has 2 aliphatic heterocycles. The monoisotopic (exact) mass is 493 g/mol. The highest BCUT2D eigenvalue weighted by molar-refractivity contribution is 7.13. The van der Waals surface area contributed by atoms with Crippen LogP contribution in [0.2, 0.25) is 0 Å². The Hall–Kier alpha value is -3.04. The average molecular weight is 494 g/mol. The van der Waals surface area contributed by atoms with Crippen LogP contribution in [0.4, 0.5) is 0 Å². The summed E-state index contributed by atoms with van der Waals surface area (Å²) in [5, 5.41) is 6.07. The van der Waals surface area contributed by atoms with Crippen LogP contribution in [0.3, 0.4) is 0 Å². The van der Waals surface area contributed by atoms with Crippen LogP contribution < -0.4 is 0 Å². The Morgan fingerprint density at radius 2 is 1.86 bits per heavy atom. The van der Waals surface area contributed by atoms with E-state index in [1.807, 2.05) is 52.7 Å². The fourth-order valence-corrected chi connectivity index (χ4v) is 5.56. The Kier molecular flexibility index (Phi) is 7.54. The molecule has 2 fully saturated rings. The molecule has 184 valence electrons. The summed E-state index contributed by atoms with van der Waals surface area (Å²) < 4.78 is 5.39. The molecule has 1 aromatic carbocycles. The van der Waals surface area contributed by atoms with Crippen molar-refractivity contribution in [2.24, 2.45) is 0 Å².